The van der Waals surface area contributed by atoms with Crippen LogP contribution in [0.15, 0.2) is 46.3 Å². The molecule has 1 aliphatic heterocycles. The van der Waals surface area contributed by atoms with Crippen LogP contribution in [0.1, 0.15) is 30.6 Å². The second-order valence-electron chi connectivity index (χ2n) is 8.39. The van der Waals surface area contributed by atoms with Gasteiger partial charge in [0.2, 0.25) is 10.0 Å². The van der Waals surface area contributed by atoms with Crippen molar-refractivity contribution in [1.29, 1.82) is 0 Å². The van der Waals surface area contributed by atoms with E-state index in [9.17, 15) is 22.0 Å². The highest BCUT2D eigenvalue weighted by molar-refractivity contribution is 7.89. The summed E-state index contributed by atoms with van der Waals surface area (Å²) < 4.78 is 56.8. The van der Waals surface area contributed by atoms with Crippen molar-refractivity contribution < 1.29 is 22.0 Å². The number of amides is 1. The Kier molecular flexibility index (Phi) is 6.04. The van der Waals surface area contributed by atoms with Crippen molar-refractivity contribution in [1.82, 2.24) is 8.87 Å². The second-order valence-corrected chi connectivity index (χ2v) is 11.3. The molecule has 1 aliphatic rings. The van der Waals surface area contributed by atoms with Crippen LogP contribution in [0, 0.1) is 23.5 Å². The first-order chi connectivity index (χ1) is 15.1. The van der Waals surface area contributed by atoms with E-state index in [-0.39, 0.29) is 32.6 Å². The number of piperidine rings is 1. The van der Waals surface area contributed by atoms with Crippen LogP contribution in [0.2, 0.25) is 0 Å². The van der Waals surface area contributed by atoms with E-state index in [1.807, 2.05) is 13.8 Å². The maximum Gasteiger partial charge on any atom is 0.279 e. The number of fused-ring (bicyclic) bond motifs is 1. The molecule has 32 heavy (non-hydrogen) atoms. The van der Waals surface area contributed by atoms with Crippen LogP contribution in [0.3, 0.4) is 0 Å². The smallest absolute Gasteiger partial charge is 0.279 e. The van der Waals surface area contributed by atoms with E-state index in [1.165, 1.54) is 39.2 Å². The van der Waals surface area contributed by atoms with E-state index < -0.39 is 27.6 Å². The molecule has 6 nitrogen and oxygen atoms in total. The molecule has 0 radical (unpaired) electrons. The Morgan fingerprint density at radius 3 is 2.34 bits per heavy atom. The first-order valence-electron chi connectivity index (χ1n) is 10.2. The number of carbonyl (C=O) groups excluding carboxylic acids is 1. The van der Waals surface area contributed by atoms with E-state index in [1.54, 1.807) is 7.05 Å². The largest absolute Gasteiger partial charge is 0.317 e. The van der Waals surface area contributed by atoms with Crippen molar-refractivity contribution in [3.05, 3.63) is 58.4 Å². The third-order valence-corrected chi connectivity index (χ3v) is 8.51. The zero-order valence-corrected chi connectivity index (χ0v) is 19.5. The molecule has 2 atom stereocenters. The van der Waals surface area contributed by atoms with Gasteiger partial charge in [0, 0.05) is 31.8 Å². The van der Waals surface area contributed by atoms with Gasteiger partial charge in [-0.05, 0) is 48.6 Å². The van der Waals surface area contributed by atoms with E-state index in [4.69, 9.17) is 0 Å². The highest BCUT2D eigenvalue weighted by Gasteiger charge is 2.31. The molecule has 0 bridgehead atoms. The number of halogens is 2. The molecule has 170 valence electrons. The number of aromatic nitrogens is 1. The number of rotatable bonds is 3. The molecule has 0 unspecified atom stereocenters. The normalized spacial score (nSPS) is 20.7. The Bertz CT molecular complexity index is 1350. The van der Waals surface area contributed by atoms with Gasteiger partial charge in [-0.15, -0.1) is 0 Å². The molecule has 4 rings (SSSR count). The van der Waals surface area contributed by atoms with Gasteiger partial charge in [-0.2, -0.15) is 9.30 Å². The Balaban J connectivity index is 1.62. The van der Waals surface area contributed by atoms with Gasteiger partial charge in [0.15, 0.2) is 10.6 Å². The molecule has 0 spiro atoms. The lowest BCUT2D eigenvalue weighted by Gasteiger charge is -2.34. The fourth-order valence-electron chi connectivity index (χ4n) is 4.18. The third-order valence-electron chi connectivity index (χ3n) is 5.59. The number of sulfonamides is 1. The summed E-state index contributed by atoms with van der Waals surface area (Å²) in [5.74, 6) is -1.47. The van der Waals surface area contributed by atoms with E-state index in [0.717, 1.165) is 23.8 Å². The standard InChI is InChI=1S/C22H23F2N3O3S2/c1-13-8-14(2)12-27(11-13)32(29,30)17-6-4-15(5-7-17)21(28)25-22-26(3)20-18(24)9-16(23)10-19(20)31-22/h4-7,9-10,13-14H,8,11-12H2,1-3H3/t13-,14-/m1/s1. The summed E-state index contributed by atoms with van der Waals surface area (Å²) in [5, 5.41) is 0. The molecule has 0 aliphatic carbocycles. The second kappa shape index (κ2) is 8.49. The maximum absolute atomic E-state index is 14.1. The van der Waals surface area contributed by atoms with Crippen molar-refractivity contribution in [2.75, 3.05) is 13.1 Å². The summed E-state index contributed by atoms with van der Waals surface area (Å²) in [4.78, 5) is 17.0. The number of thiazole rings is 1. The Hall–Kier alpha value is -2.43. The zero-order valence-electron chi connectivity index (χ0n) is 17.9. The van der Waals surface area contributed by atoms with Gasteiger partial charge >= 0.3 is 0 Å². The van der Waals surface area contributed by atoms with Crippen molar-refractivity contribution in [3.63, 3.8) is 0 Å². The minimum Gasteiger partial charge on any atom is -0.317 e. The molecule has 2 heterocycles. The number of hydrogen-bond acceptors (Lipinski definition) is 4. The average molecular weight is 480 g/mol. The summed E-state index contributed by atoms with van der Waals surface area (Å²) >= 11 is 0.995. The topological polar surface area (TPSA) is 71.7 Å². The highest BCUT2D eigenvalue weighted by atomic mass is 32.2. The summed E-state index contributed by atoms with van der Waals surface area (Å²) in [6.07, 6.45) is 0.993. The molecular formula is C22H23F2N3O3S2. The molecule has 1 fully saturated rings. The average Bonchev–Trinajstić information content (AvgIpc) is 3.02. The Morgan fingerprint density at radius 2 is 1.72 bits per heavy atom. The molecule has 2 aromatic carbocycles. The van der Waals surface area contributed by atoms with Crippen molar-refractivity contribution in [2.24, 2.45) is 23.9 Å². The van der Waals surface area contributed by atoms with E-state index in [2.05, 4.69) is 4.99 Å². The van der Waals surface area contributed by atoms with Crippen molar-refractivity contribution >= 4 is 37.5 Å². The van der Waals surface area contributed by atoms with Crippen LogP contribution in [0.5, 0.6) is 0 Å². The van der Waals surface area contributed by atoms with E-state index in [0.29, 0.717) is 17.8 Å². The van der Waals surface area contributed by atoms with Gasteiger partial charge < -0.3 is 4.57 Å². The summed E-state index contributed by atoms with van der Waals surface area (Å²) in [7, 11) is -2.11. The molecule has 10 heteroatoms. The zero-order chi connectivity index (χ0) is 23.2. The summed E-state index contributed by atoms with van der Waals surface area (Å²) in [6.45, 7) is 5.02. The number of carbonyl (C=O) groups is 1. The van der Waals surface area contributed by atoms with Crippen LogP contribution in [0.4, 0.5) is 8.78 Å². The lowest BCUT2D eigenvalue weighted by atomic mass is 9.94. The van der Waals surface area contributed by atoms with Gasteiger partial charge in [-0.3, -0.25) is 4.79 Å². The maximum atomic E-state index is 14.1. The number of aryl methyl sites for hydroxylation is 1. The SMILES string of the molecule is C[C@@H]1C[C@@H](C)CN(S(=O)(=O)c2ccc(C(=O)N=c3sc4cc(F)cc(F)c4n3C)cc2)C1. The predicted octanol–water partition coefficient (Wildman–Crippen LogP) is 3.93. The fraction of sp³-hybridized carbons (Fsp3) is 0.364. The monoisotopic (exact) mass is 479 g/mol. The molecular weight excluding hydrogens is 456 g/mol. The number of hydrogen-bond donors (Lipinski definition) is 0. The molecule has 0 saturated carbocycles. The molecule has 1 amide bonds. The lowest BCUT2D eigenvalue weighted by molar-refractivity contribution is 0.0998. The first-order valence-corrected chi connectivity index (χ1v) is 12.5. The van der Waals surface area contributed by atoms with Crippen molar-refractivity contribution in [2.45, 2.75) is 25.2 Å². The molecule has 1 saturated heterocycles. The minimum atomic E-state index is -3.65. The van der Waals surface area contributed by atoms with Crippen molar-refractivity contribution in [3.8, 4) is 0 Å². The van der Waals surface area contributed by atoms with Gasteiger partial charge in [0.1, 0.15) is 5.82 Å². The Morgan fingerprint density at radius 1 is 1.09 bits per heavy atom. The van der Waals surface area contributed by atoms with Crippen LogP contribution >= 0.6 is 11.3 Å². The van der Waals surface area contributed by atoms with Gasteiger partial charge in [0.25, 0.3) is 5.91 Å². The fourth-order valence-corrected chi connectivity index (χ4v) is 6.91. The van der Waals surface area contributed by atoms with Crippen LogP contribution in [-0.4, -0.2) is 36.3 Å². The Labute approximate surface area is 188 Å². The van der Waals surface area contributed by atoms with Gasteiger partial charge in [-0.1, -0.05) is 25.2 Å². The quantitative estimate of drug-likeness (QED) is 0.572. The van der Waals surface area contributed by atoms with Crippen LogP contribution in [0.25, 0.3) is 10.2 Å². The number of benzene rings is 2. The third kappa shape index (κ3) is 4.26. The number of nitrogens with zero attached hydrogens (tertiary/aromatic N) is 3. The molecule has 1 aromatic heterocycles. The summed E-state index contributed by atoms with van der Waals surface area (Å²) in [6, 6.07) is 7.62. The first kappa shape index (κ1) is 22.8. The predicted molar refractivity (Wildman–Crippen MR) is 119 cm³/mol. The van der Waals surface area contributed by atoms with Crippen LogP contribution in [-0.2, 0) is 17.1 Å². The van der Waals surface area contributed by atoms with Crippen LogP contribution < -0.4 is 4.80 Å². The lowest BCUT2D eigenvalue weighted by Crippen LogP contribution is -2.42. The molecule has 0 N–H and O–H groups in total. The highest BCUT2D eigenvalue weighted by Crippen LogP contribution is 2.27. The van der Waals surface area contributed by atoms with E-state index >= 15 is 0 Å². The van der Waals surface area contributed by atoms with Gasteiger partial charge in [-0.25, -0.2) is 17.2 Å². The van der Waals surface area contributed by atoms with Gasteiger partial charge in [0.05, 0.1) is 15.1 Å². The summed E-state index contributed by atoms with van der Waals surface area (Å²) in [5.41, 5.74) is 0.364. The molecule has 3 aromatic rings. The minimum absolute atomic E-state index is 0.125.